The van der Waals surface area contributed by atoms with Gasteiger partial charge in [-0.15, -0.1) is 15.9 Å². The van der Waals surface area contributed by atoms with Crippen LogP contribution in [-0.2, 0) is 136 Å². The first kappa shape index (κ1) is 66.8. The van der Waals surface area contributed by atoms with Crippen molar-refractivity contribution in [3.63, 3.8) is 0 Å². The van der Waals surface area contributed by atoms with Crippen molar-refractivity contribution in [1.82, 2.24) is 0 Å². The zero-order valence-electron chi connectivity index (χ0n) is 32.2. The fourth-order valence-electron chi connectivity index (χ4n) is 4.15. The van der Waals surface area contributed by atoms with Gasteiger partial charge in [-0.2, -0.15) is 6.08 Å². The van der Waals surface area contributed by atoms with Crippen molar-refractivity contribution in [3.05, 3.63) is 152 Å². The van der Waals surface area contributed by atoms with E-state index in [1.807, 2.05) is 0 Å². The molecule has 0 spiro atoms. The second-order valence-corrected chi connectivity index (χ2v) is 12.4. The average Bonchev–Trinajstić information content (AvgIpc) is 3.21. The minimum Gasteiger partial charge on any atom is -0.581 e. The summed E-state index contributed by atoms with van der Waals surface area (Å²) in [5.41, 5.74) is -0.149. The Balaban J connectivity index is -0.000000357. The largest absolute Gasteiger partial charge is 0.581 e. The molecule has 0 fully saturated rings. The average molecular weight is 1300 g/mol. The number of aromatic hydroxyl groups is 3. The zero-order valence-corrected chi connectivity index (χ0v) is 46.7. The molecule has 63 heavy (non-hydrogen) atoms. The van der Waals surface area contributed by atoms with Crippen LogP contribution in [0.1, 0.15) is 79.4 Å². The van der Waals surface area contributed by atoms with E-state index < -0.39 is 40.3 Å². The third-order valence-electron chi connectivity index (χ3n) is 7.00. The van der Waals surface area contributed by atoms with E-state index >= 15 is 0 Å². The topological polar surface area (TPSA) is 308 Å². The number of benzene rings is 4. The van der Waals surface area contributed by atoms with Gasteiger partial charge in [0.15, 0.2) is 11.6 Å². The Labute approximate surface area is 474 Å². The SMILES string of the molecule is CC(=O)c1cc(C(=O)O)ccc1O.O=C(O)c1ccc(O)c(C(=O)C(Br)[CH-]Br)c1.O=C(O)c1ccc2o[c-]cc(=O)c2c1.[CH-]=CC(=O)c1cc(C(=O)O)ccc1O.[CH-]=O.[Y].[Y].[Y].[Y]. The number of phenolic OH excluding ortho intramolecular Hbond substituents is 3. The van der Waals surface area contributed by atoms with Gasteiger partial charge in [-0.3, -0.25) is 23.0 Å². The number of alkyl halides is 1. The molecule has 0 aliphatic carbocycles. The van der Waals surface area contributed by atoms with Crippen molar-refractivity contribution >= 4 is 90.8 Å². The van der Waals surface area contributed by atoms with Crippen molar-refractivity contribution in [2.45, 2.75) is 11.8 Å². The number of rotatable bonds is 10. The summed E-state index contributed by atoms with van der Waals surface area (Å²) in [6, 6.07) is 15.8. The van der Waals surface area contributed by atoms with Crippen molar-refractivity contribution in [2.75, 3.05) is 0 Å². The molecule has 0 bridgehead atoms. The molecule has 5 aromatic rings. The number of carbonyl (C=O) groups excluding carboxylic acids is 4. The Morgan fingerprint density at radius 2 is 1.02 bits per heavy atom. The number of hydrogen-bond donors (Lipinski definition) is 7. The Kier molecular flexibility index (Phi) is 35.6. The Bertz CT molecular complexity index is 2480. The van der Waals surface area contributed by atoms with Crippen molar-refractivity contribution in [1.29, 1.82) is 0 Å². The maximum Gasteiger partial charge on any atom is 0.335 e. The summed E-state index contributed by atoms with van der Waals surface area (Å²) in [5, 5.41) is 64.2. The Hall–Kier alpha value is -2.83. The third kappa shape index (κ3) is 21.3. The predicted octanol–water partition coefficient (Wildman–Crippen LogP) is 6.16. The number of carboxylic acids is 4. The molecule has 4 aromatic carbocycles. The van der Waals surface area contributed by atoms with Crippen LogP contribution in [0, 0.1) is 18.2 Å². The van der Waals surface area contributed by atoms with E-state index in [1.54, 1.807) is 0 Å². The second kappa shape index (κ2) is 33.6. The molecule has 0 saturated heterocycles. The molecule has 7 N–H and O–H groups in total. The maximum atomic E-state index is 11.7. The van der Waals surface area contributed by atoms with Gasteiger partial charge >= 0.3 is 23.9 Å². The molecular formula is C40H28Br2O17Y4-4. The summed E-state index contributed by atoms with van der Waals surface area (Å²) in [4.78, 5) is 94.4. The van der Waals surface area contributed by atoms with Crippen LogP contribution in [0.3, 0.4) is 0 Å². The normalized spacial score (nSPS) is 9.51. The molecule has 1 atom stereocenters. The minimum absolute atomic E-state index is 0. The van der Waals surface area contributed by atoms with Crippen molar-refractivity contribution < 1.29 is 209 Å². The van der Waals surface area contributed by atoms with Crippen LogP contribution < -0.4 is 5.43 Å². The monoisotopic (exact) mass is 1290 g/mol. The van der Waals surface area contributed by atoms with Crippen LogP contribution in [0.15, 0.2) is 94.2 Å². The fraction of sp³-hybridized carbons (Fsp3) is 0.0500. The van der Waals surface area contributed by atoms with E-state index in [4.69, 9.17) is 36.2 Å². The van der Waals surface area contributed by atoms with Crippen molar-refractivity contribution in [2.24, 2.45) is 0 Å². The van der Waals surface area contributed by atoms with Crippen LogP contribution in [0.5, 0.6) is 17.2 Å². The Morgan fingerprint density at radius 3 is 1.41 bits per heavy atom. The van der Waals surface area contributed by atoms with Gasteiger partial charge in [0.2, 0.25) is 0 Å². The van der Waals surface area contributed by atoms with Crippen LogP contribution in [-0.4, -0.2) is 88.6 Å². The molecule has 17 nitrogen and oxygen atoms in total. The van der Waals surface area contributed by atoms with Crippen molar-refractivity contribution in [3.8, 4) is 17.2 Å². The van der Waals surface area contributed by atoms with Crippen LogP contribution in [0.2, 0.25) is 0 Å². The molecule has 320 valence electrons. The van der Waals surface area contributed by atoms with E-state index in [-0.39, 0.29) is 204 Å². The van der Waals surface area contributed by atoms with Gasteiger partial charge in [0.25, 0.3) is 0 Å². The molecule has 0 amide bonds. The number of carboxylic acid groups (broad SMARTS) is 4. The molecule has 4 radical (unpaired) electrons. The first-order chi connectivity index (χ1) is 27.7. The fourth-order valence-corrected chi connectivity index (χ4v) is 4.63. The summed E-state index contributed by atoms with van der Waals surface area (Å²) < 4.78 is 4.91. The number of phenols is 3. The molecule has 1 unspecified atom stereocenters. The Morgan fingerprint density at radius 1 is 0.651 bits per heavy atom. The van der Waals surface area contributed by atoms with E-state index in [0.717, 1.165) is 36.4 Å². The standard InChI is InChI=1S/C10H7Br2O4.C10H5O4.C10H7O4.C9H8O4.CHO.4Y/c11-4-7(12)9(14)6-3-5(10(15)16)1-2-8(6)13;11-8-3-4-14-9-2-1-6(10(12)13)5-7(8)9;1-2-8(11)7-5-6(10(13)14)3-4-9(7)12;1-5(10)7-4-6(9(12)13)2-3-8(7)11;1-2;;;;/h1-4,7,13H,(H,15,16);1-3,5H,(H,12,13);1-5,12H,(H,13,14);2-4,11H,1H3,(H,12,13);1H;;;;/q3*-1;;-1;;;;. The quantitative estimate of drug-likeness (QED) is 0.0271. The number of ketones is 3. The number of aromatic carboxylic acids is 4. The number of carbonyl (C=O) groups is 7. The molecular weight excluding hydrogens is 1270 g/mol. The van der Waals surface area contributed by atoms with Gasteiger partial charge in [-0.1, -0.05) is 30.3 Å². The minimum atomic E-state index is -1.17. The van der Waals surface area contributed by atoms with Gasteiger partial charge in [0.1, 0.15) is 17.2 Å². The van der Waals surface area contributed by atoms with Gasteiger partial charge < -0.3 is 70.5 Å². The van der Waals surface area contributed by atoms with E-state index in [0.29, 0.717) is 5.58 Å². The maximum absolute atomic E-state index is 11.7. The van der Waals surface area contributed by atoms with Crippen LogP contribution in [0.25, 0.3) is 11.0 Å². The summed E-state index contributed by atoms with van der Waals surface area (Å²) in [6.45, 7) is 9.48. The number of hydrogen-bond acceptors (Lipinski definition) is 13. The first-order valence-electron chi connectivity index (χ1n) is 15.6. The zero-order chi connectivity index (χ0) is 45.1. The van der Waals surface area contributed by atoms with E-state index in [1.165, 1.54) is 60.8 Å². The molecule has 23 heteroatoms. The van der Waals surface area contributed by atoms with Gasteiger partial charge in [0.05, 0.1) is 38.8 Å². The summed E-state index contributed by atoms with van der Waals surface area (Å²) in [7, 11) is 0. The molecule has 0 aliphatic rings. The molecule has 0 saturated carbocycles. The second-order valence-electron chi connectivity index (χ2n) is 10.8. The number of allylic oxidation sites excluding steroid dienone is 1. The molecule has 1 heterocycles. The van der Waals surface area contributed by atoms with Gasteiger partial charge in [-0.05, 0) is 77.5 Å². The number of fused-ring (bicyclic) bond motifs is 1. The van der Waals surface area contributed by atoms with Gasteiger partial charge in [-0.25, -0.2) is 24.5 Å². The molecule has 0 aliphatic heterocycles. The number of Topliss-reactive ketones (excluding diaryl/α,β-unsaturated/α-hetero) is 2. The van der Waals surface area contributed by atoms with Gasteiger partial charge in [0, 0.05) is 142 Å². The molecule has 5 rings (SSSR count). The smallest absolute Gasteiger partial charge is 0.335 e. The summed E-state index contributed by atoms with van der Waals surface area (Å²) >= 11 is 6.06. The summed E-state index contributed by atoms with van der Waals surface area (Å²) in [6.07, 6.45) is 3.08. The molecule has 1 aromatic heterocycles. The van der Waals surface area contributed by atoms with E-state index in [9.17, 15) is 53.7 Å². The van der Waals surface area contributed by atoms with Crippen LogP contribution >= 0.6 is 31.9 Å². The third-order valence-corrected chi connectivity index (χ3v) is 8.92. The first-order valence-corrected chi connectivity index (χ1v) is 17.4. The summed E-state index contributed by atoms with van der Waals surface area (Å²) in [5.74, 6) is -6.64. The van der Waals surface area contributed by atoms with E-state index in [2.05, 4.69) is 44.9 Å². The number of halogens is 2. The van der Waals surface area contributed by atoms with Crippen LogP contribution in [0.4, 0.5) is 0 Å². The predicted molar refractivity (Wildman–Crippen MR) is 214 cm³/mol.